The molecule has 0 saturated carbocycles. The zero-order valence-corrected chi connectivity index (χ0v) is 14.6. The van der Waals surface area contributed by atoms with Gasteiger partial charge in [0.05, 0.1) is 18.6 Å². The van der Waals surface area contributed by atoms with Crippen molar-refractivity contribution in [2.75, 3.05) is 23.9 Å². The molecule has 0 aromatic rings. The van der Waals surface area contributed by atoms with Gasteiger partial charge < -0.3 is 13.9 Å². The number of phosphoric ester groups is 1. The highest BCUT2D eigenvalue weighted by atomic mass is 79.9. The van der Waals surface area contributed by atoms with E-state index in [1.807, 2.05) is 13.8 Å². The molecule has 0 radical (unpaired) electrons. The molecule has 8 heteroatoms. The molecule has 0 aliphatic rings. The second-order valence-electron chi connectivity index (χ2n) is 4.39. The lowest BCUT2D eigenvalue weighted by Crippen LogP contribution is -2.23. The van der Waals surface area contributed by atoms with Crippen molar-refractivity contribution in [3.63, 3.8) is 0 Å². The number of rotatable bonds is 9. The van der Waals surface area contributed by atoms with Crippen molar-refractivity contribution in [2.24, 2.45) is 5.41 Å². The van der Waals surface area contributed by atoms with E-state index in [4.69, 9.17) is 20.6 Å². The molecule has 0 fully saturated rings. The third-order valence-corrected chi connectivity index (χ3v) is 5.04. The van der Waals surface area contributed by atoms with Crippen LogP contribution in [0, 0.1) is 5.41 Å². The molecule has 0 N–H and O–H groups in total. The summed E-state index contributed by atoms with van der Waals surface area (Å²) in [4.78, 5) is 11.4. The van der Waals surface area contributed by atoms with Gasteiger partial charge in [-0.05, 0) is 11.8 Å². The van der Waals surface area contributed by atoms with Gasteiger partial charge in [-0.2, -0.15) is 0 Å². The lowest BCUT2D eigenvalue weighted by molar-refractivity contribution is -0.227. The molecule has 0 saturated heterocycles. The van der Waals surface area contributed by atoms with Gasteiger partial charge in [0.25, 0.3) is 7.82 Å². The summed E-state index contributed by atoms with van der Waals surface area (Å²) in [5.74, 6) is 0. The highest BCUT2D eigenvalue weighted by molar-refractivity contribution is 9.09. The summed E-state index contributed by atoms with van der Waals surface area (Å²) < 4.78 is 20.9. The van der Waals surface area contributed by atoms with Crippen LogP contribution in [0.5, 0.6) is 0 Å². The first kappa shape index (κ1) is 18.4. The van der Waals surface area contributed by atoms with E-state index in [1.165, 1.54) is 0 Å². The number of hydrogen-bond acceptors (Lipinski definition) is 4. The fraction of sp³-hybridized carbons (Fsp3) is 1.00. The first-order chi connectivity index (χ1) is 7.72. The zero-order valence-electron chi connectivity index (χ0n) is 9.83. The molecular weight excluding hydrogens is 398 g/mol. The lowest BCUT2D eigenvalue weighted by Gasteiger charge is -2.28. The van der Waals surface area contributed by atoms with E-state index >= 15 is 0 Å². The molecule has 104 valence electrons. The summed E-state index contributed by atoms with van der Waals surface area (Å²) >= 11 is 12.3. The summed E-state index contributed by atoms with van der Waals surface area (Å²) in [6.45, 7) is 3.78. The highest BCUT2D eigenvalue weighted by Gasteiger charge is 2.21. The van der Waals surface area contributed by atoms with Crippen LogP contribution >= 0.6 is 51.3 Å². The average molecular weight is 415 g/mol. The van der Waals surface area contributed by atoms with Crippen LogP contribution in [0.3, 0.4) is 0 Å². The van der Waals surface area contributed by atoms with E-state index in [-0.39, 0.29) is 24.0 Å². The minimum Gasteiger partial charge on any atom is -0.756 e. The van der Waals surface area contributed by atoms with Crippen molar-refractivity contribution < 1.29 is 18.5 Å². The summed E-state index contributed by atoms with van der Waals surface area (Å²) in [7, 11) is -4.25. The molecule has 0 amide bonds. The van der Waals surface area contributed by atoms with Gasteiger partial charge >= 0.3 is 0 Å². The zero-order chi connectivity index (χ0) is 13.5. The maximum absolute atomic E-state index is 11.4. The quantitative estimate of drug-likeness (QED) is 0.428. The van der Waals surface area contributed by atoms with Crippen molar-refractivity contribution >= 4 is 51.3 Å². The van der Waals surface area contributed by atoms with Gasteiger partial charge in [0.2, 0.25) is 0 Å². The van der Waals surface area contributed by atoms with Crippen LogP contribution < -0.4 is 4.89 Å². The summed E-state index contributed by atoms with van der Waals surface area (Å²) in [5.41, 5.74) is -0.264. The van der Waals surface area contributed by atoms with Crippen LogP contribution in [0.15, 0.2) is 0 Å². The monoisotopic (exact) mass is 413 g/mol. The fourth-order valence-corrected chi connectivity index (χ4v) is 2.89. The number of alkyl halides is 3. The van der Waals surface area contributed by atoms with Crippen LogP contribution in [-0.2, 0) is 13.6 Å². The molecule has 17 heavy (non-hydrogen) atoms. The van der Waals surface area contributed by atoms with E-state index < -0.39 is 7.82 Å². The highest BCUT2D eigenvalue weighted by Crippen LogP contribution is 2.40. The largest absolute Gasteiger partial charge is 0.756 e. The third kappa shape index (κ3) is 9.88. The topological polar surface area (TPSA) is 58.6 Å². The van der Waals surface area contributed by atoms with Gasteiger partial charge in [0.15, 0.2) is 0 Å². The van der Waals surface area contributed by atoms with E-state index in [0.717, 1.165) is 0 Å². The van der Waals surface area contributed by atoms with Crippen molar-refractivity contribution in [3.05, 3.63) is 0 Å². The van der Waals surface area contributed by atoms with Crippen LogP contribution in [-0.4, -0.2) is 29.3 Å². The standard InChI is InChI=1S/C9H18Br2ClO4P/c1-9(2,6-11)7-16-17(13,14)15-5-8(12)3-4-10/h8H,3-7H2,1-2H3,(H,13,14)/p-1. The minimum atomic E-state index is -4.25. The fourth-order valence-electron chi connectivity index (χ4n) is 0.704. The molecule has 0 spiro atoms. The molecule has 4 nitrogen and oxygen atoms in total. The number of halogens is 3. The summed E-state index contributed by atoms with van der Waals surface area (Å²) in [5, 5.41) is 0.997. The second-order valence-corrected chi connectivity index (χ2v) is 7.77. The Bertz CT molecular complexity index is 265. The Morgan fingerprint density at radius 2 is 2.00 bits per heavy atom. The van der Waals surface area contributed by atoms with E-state index in [0.29, 0.717) is 17.1 Å². The second kappa shape index (κ2) is 8.51. The van der Waals surface area contributed by atoms with E-state index in [9.17, 15) is 9.46 Å². The summed E-state index contributed by atoms with van der Waals surface area (Å²) in [6.07, 6.45) is 0.633. The normalized spacial score (nSPS) is 17.8. The molecule has 0 bridgehead atoms. The Labute approximate surface area is 124 Å². The molecule has 0 aliphatic heterocycles. The van der Waals surface area contributed by atoms with Crippen LogP contribution in [0.25, 0.3) is 0 Å². The van der Waals surface area contributed by atoms with Crippen molar-refractivity contribution in [2.45, 2.75) is 25.6 Å². The smallest absolute Gasteiger partial charge is 0.267 e. The van der Waals surface area contributed by atoms with Crippen molar-refractivity contribution in [3.8, 4) is 0 Å². The maximum Gasteiger partial charge on any atom is 0.267 e. The molecule has 2 unspecified atom stereocenters. The molecule has 0 rings (SSSR count). The predicted octanol–water partition coefficient (Wildman–Crippen LogP) is 3.30. The Balaban J connectivity index is 4.00. The van der Waals surface area contributed by atoms with Gasteiger partial charge in [-0.15, -0.1) is 11.6 Å². The molecular formula is C9H17Br2ClO4P-. The Morgan fingerprint density at radius 1 is 1.41 bits per heavy atom. The third-order valence-electron chi connectivity index (χ3n) is 1.81. The Hall–Kier alpha value is 1.36. The molecule has 0 aliphatic carbocycles. The molecule has 0 heterocycles. The SMILES string of the molecule is CC(C)(CBr)COP(=O)([O-])OCC(Cl)CCBr. The minimum absolute atomic E-state index is 0.0668. The first-order valence-corrected chi connectivity index (χ1v) is 9.22. The van der Waals surface area contributed by atoms with Crippen LogP contribution in [0.1, 0.15) is 20.3 Å². The Kier molecular flexibility index (Phi) is 9.20. The first-order valence-electron chi connectivity index (χ1n) is 5.08. The van der Waals surface area contributed by atoms with Gasteiger partial charge in [-0.25, -0.2) is 0 Å². The molecule has 2 atom stereocenters. The van der Waals surface area contributed by atoms with Gasteiger partial charge in [-0.1, -0.05) is 45.7 Å². The van der Waals surface area contributed by atoms with E-state index in [2.05, 4.69) is 31.9 Å². The van der Waals surface area contributed by atoms with Gasteiger partial charge in [0, 0.05) is 10.7 Å². The van der Waals surface area contributed by atoms with Crippen molar-refractivity contribution in [1.29, 1.82) is 0 Å². The molecule has 0 aromatic heterocycles. The van der Waals surface area contributed by atoms with Gasteiger partial charge in [0.1, 0.15) is 0 Å². The molecule has 0 aromatic carbocycles. The summed E-state index contributed by atoms with van der Waals surface area (Å²) in [6, 6.07) is 0. The maximum atomic E-state index is 11.4. The number of phosphoric acid groups is 1. The van der Waals surface area contributed by atoms with E-state index in [1.54, 1.807) is 0 Å². The lowest BCUT2D eigenvalue weighted by atomic mass is 9.99. The van der Waals surface area contributed by atoms with Gasteiger partial charge in [-0.3, -0.25) is 4.57 Å². The van der Waals surface area contributed by atoms with Crippen molar-refractivity contribution in [1.82, 2.24) is 0 Å². The predicted molar refractivity (Wildman–Crippen MR) is 75.1 cm³/mol. The Morgan fingerprint density at radius 3 is 2.47 bits per heavy atom. The van der Waals surface area contributed by atoms with Crippen LogP contribution in [0.2, 0.25) is 0 Å². The number of hydrogen-bond donors (Lipinski definition) is 0. The van der Waals surface area contributed by atoms with Crippen LogP contribution in [0.4, 0.5) is 0 Å². The average Bonchev–Trinajstić information content (AvgIpc) is 2.25.